The Bertz CT molecular complexity index is 576. The molecule has 0 aromatic heterocycles. The molecule has 18 heavy (non-hydrogen) atoms. The molecule has 0 amide bonds. The van der Waals surface area contributed by atoms with Crippen LogP contribution in [0.4, 0.5) is 5.69 Å². The van der Waals surface area contributed by atoms with E-state index in [0.29, 0.717) is 0 Å². The van der Waals surface area contributed by atoms with Crippen LogP contribution in [0.1, 0.15) is 18.4 Å². The number of rotatable bonds is 0. The molecular formula is C16H15NO. The summed E-state index contributed by atoms with van der Waals surface area (Å²) in [6.45, 7) is 2.16. The van der Waals surface area contributed by atoms with Crippen LogP contribution in [-0.2, 0) is 4.79 Å². The maximum Gasteiger partial charge on any atom is 0.187 e. The summed E-state index contributed by atoms with van der Waals surface area (Å²) in [4.78, 5) is 14.1. The predicted molar refractivity (Wildman–Crippen MR) is 73.6 cm³/mol. The van der Waals surface area contributed by atoms with E-state index in [9.17, 15) is 4.79 Å². The van der Waals surface area contributed by atoms with Crippen molar-refractivity contribution in [3.05, 3.63) is 65.4 Å². The molecule has 2 nitrogen and oxygen atoms in total. The van der Waals surface area contributed by atoms with Crippen molar-refractivity contribution in [1.29, 1.82) is 0 Å². The van der Waals surface area contributed by atoms with Crippen LogP contribution in [0.5, 0.6) is 0 Å². The number of anilines is 1. The fourth-order valence-electron chi connectivity index (χ4n) is 2.82. The van der Waals surface area contributed by atoms with E-state index in [-0.39, 0.29) is 11.7 Å². The van der Waals surface area contributed by atoms with Crippen LogP contribution in [0.3, 0.4) is 0 Å². The molecule has 3 rings (SSSR count). The quantitative estimate of drug-likeness (QED) is 0.646. The van der Waals surface area contributed by atoms with Crippen LogP contribution < -0.4 is 4.90 Å². The van der Waals surface area contributed by atoms with E-state index < -0.39 is 0 Å². The van der Waals surface area contributed by atoms with Crippen molar-refractivity contribution < 1.29 is 4.79 Å². The number of carbonyl (C=O) groups excluding carboxylic acids is 1. The highest BCUT2D eigenvalue weighted by molar-refractivity contribution is 6.08. The van der Waals surface area contributed by atoms with E-state index in [1.54, 1.807) is 12.2 Å². The zero-order valence-electron chi connectivity index (χ0n) is 10.6. The van der Waals surface area contributed by atoms with Gasteiger partial charge in [0.2, 0.25) is 0 Å². The van der Waals surface area contributed by atoms with Crippen LogP contribution in [0, 0.1) is 0 Å². The monoisotopic (exact) mass is 237 g/mol. The van der Waals surface area contributed by atoms with Crippen molar-refractivity contribution in [3.8, 4) is 0 Å². The highest BCUT2D eigenvalue weighted by Crippen LogP contribution is 2.43. The smallest absolute Gasteiger partial charge is 0.187 e. The molecule has 90 valence electrons. The Hall–Kier alpha value is -2.09. The lowest BCUT2D eigenvalue weighted by atomic mass is 9.94. The number of nitrogens with zero attached hydrogens (tertiary/aromatic N) is 1. The largest absolute Gasteiger partial charge is 0.347 e. The summed E-state index contributed by atoms with van der Waals surface area (Å²) in [5.74, 6) is 0.361. The van der Waals surface area contributed by atoms with E-state index in [1.165, 1.54) is 11.3 Å². The molecular weight excluding hydrogens is 222 g/mol. The summed E-state index contributed by atoms with van der Waals surface area (Å²) in [5.41, 5.74) is 4.40. The Morgan fingerprint density at radius 2 is 1.83 bits per heavy atom. The van der Waals surface area contributed by atoms with Gasteiger partial charge in [-0.05, 0) is 23.8 Å². The molecule has 1 aromatic carbocycles. The van der Waals surface area contributed by atoms with E-state index >= 15 is 0 Å². The molecule has 0 bridgehead atoms. The van der Waals surface area contributed by atoms with Gasteiger partial charge in [-0.15, -0.1) is 0 Å². The van der Waals surface area contributed by atoms with E-state index in [1.807, 2.05) is 25.3 Å². The van der Waals surface area contributed by atoms with Gasteiger partial charge in [-0.3, -0.25) is 4.79 Å². The summed E-state index contributed by atoms with van der Waals surface area (Å²) in [6, 6.07) is 8.33. The minimum atomic E-state index is 0.0963. The number of benzene rings is 1. The molecule has 2 aliphatic rings. The second-order valence-corrected chi connectivity index (χ2v) is 4.72. The molecule has 1 heterocycles. The average Bonchev–Trinajstić information content (AvgIpc) is 2.64. The summed E-state index contributed by atoms with van der Waals surface area (Å²) >= 11 is 0. The van der Waals surface area contributed by atoms with Gasteiger partial charge in [0.25, 0.3) is 0 Å². The van der Waals surface area contributed by atoms with E-state index in [2.05, 4.69) is 30.0 Å². The molecule has 1 unspecified atom stereocenters. The summed E-state index contributed by atoms with van der Waals surface area (Å²) < 4.78 is 0. The first kappa shape index (κ1) is 11.0. The van der Waals surface area contributed by atoms with Crippen LogP contribution in [0.25, 0.3) is 0 Å². The molecule has 2 heteroatoms. The fourth-order valence-corrected chi connectivity index (χ4v) is 2.82. The standard InChI is InChI=1S/C16H15NO/c1-11-12-7-3-5-9-14(12)17(2)16(11)13-8-4-6-10-15(13)18/h3-11H,1-2H3. The second-order valence-electron chi connectivity index (χ2n) is 4.72. The highest BCUT2D eigenvalue weighted by atomic mass is 16.1. The SMILES string of the molecule is CC1C(=C2C=CC=CC2=O)N(C)c2ccccc21. The summed E-state index contributed by atoms with van der Waals surface area (Å²) in [5, 5.41) is 0. The van der Waals surface area contributed by atoms with Crippen molar-refractivity contribution in [1.82, 2.24) is 0 Å². The van der Waals surface area contributed by atoms with Crippen LogP contribution >= 0.6 is 0 Å². The molecule has 0 saturated carbocycles. The molecule has 0 radical (unpaired) electrons. The molecule has 0 spiro atoms. The van der Waals surface area contributed by atoms with Gasteiger partial charge in [-0.2, -0.15) is 0 Å². The summed E-state index contributed by atoms with van der Waals surface area (Å²) in [6.07, 6.45) is 7.26. The molecule has 1 aliphatic carbocycles. The van der Waals surface area contributed by atoms with Crippen molar-refractivity contribution in [2.75, 3.05) is 11.9 Å². The Kier molecular flexibility index (Phi) is 2.44. The number of fused-ring (bicyclic) bond motifs is 1. The van der Waals surface area contributed by atoms with Gasteiger partial charge in [-0.25, -0.2) is 0 Å². The maximum atomic E-state index is 12.0. The molecule has 1 aliphatic heterocycles. The predicted octanol–water partition coefficient (Wildman–Crippen LogP) is 3.19. The van der Waals surface area contributed by atoms with Gasteiger partial charge >= 0.3 is 0 Å². The number of hydrogen-bond acceptors (Lipinski definition) is 2. The third kappa shape index (κ3) is 1.46. The highest BCUT2D eigenvalue weighted by Gasteiger charge is 2.31. The minimum absolute atomic E-state index is 0.0963. The van der Waals surface area contributed by atoms with Gasteiger partial charge in [0.1, 0.15) is 0 Å². The first-order chi connectivity index (χ1) is 8.70. The molecule has 0 fully saturated rings. The minimum Gasteiger partial charge on any atom is -0.347 e. The maximum absolute atomic E-state index is 12.0. The van der Waals surface area contributed by atoms with Gasteiger partial charge in [0.05, 0.1) is 0 Å². The van der Waals surface area contributed by atoms with Crippen molar-refractivity contribution in [2.24, 2.45) is 0 Å². The van der Waals surface area contributed by atoms with Gasteiger partial charge in [0.15, 0.2) is 5.78 Å². The topological polar surface area (TPSA) is 20.3 Å². The number of likely N-dealkylation sites (N-methyl/N-ethyl adjacent to an activating group) is 1. The fraction of sp³-hybridized carbons (Fsp3) is 0.188. The van der Waals surface area contributed by atoms with Crippen molar-refractivity contribution in [2.45, 2.75) is 12.8 Å². The van der Waals surface area contributed by atoms with Gasteiger partial charge in [0, 0.05) is 29.9 Å². The van der Waals surface area contributed by atoms with E-state index in [4.69, 9.17) is 0 Å². The van der Waals surface area contributed by atoms with Crippen molar-refractivity contribution in [3.63, 3.8) is 0 Å². The number of para-hydroxylation sites is 1. The lowest BCUT2D eigenvalue weighted by Crippen LogP contribution is -2.18. The molecule has 1 aromatic rings. The number of carbonyl (C=O) groups is 1. The number of ketones is 1. The lowest BCUT2D eigenvalue weighted by Gasteiger charge is -2.19. The molecule has 0 N–H and O–H groups in total. The van der Waals surface area contributed by atoms with Crippen LogP contribution in [0.2, 0.25) is 0 Å². The van der Waals surface area contributed by atoms with Crippen molar-refractivity contribution >= 4 is 11.5 Å². The number of hydrogen-bond donors (Lipinski definition) is 0. The third-order valence-corrected chi connectivity index (χ3v) is 3.70. The lowest BCUT2D eigenvalue weighted by molar-refractivity contribution is -0.111. The Morgan fingerprint density at radius 3 is 2.56 bits per heavy atom. The van der Waals surface area contributed by atoms with Crippen LogP contribution in [-0.4, -0.2) is 12.8 Å². The second kappa shape index (κ2) is 3.98. The Balaban J connectivity index is 2.17. The van der Waals surface area contributed by atoms with E-state index in [0.717, 1.165) is 11.3 Å². The zero-order chi connectivity index (χ0) is 12.7. The van der Waals surface area contributed by atoms with Gasteiger partial charge in [-0.1, -0.05) is 37.3 Å². The molecule has 1 atom stereocenters. The third-order valence-electron chi connectivity index (χ3n) is 3.70. The Labute approximate surface area is 107 Å². The first-order valence-electron chi connectivity index (χ1n) is 6.16. The first-order valence-corrected chi connectivity index (χ1v) is 6.16. The van der Waals surface area contributed by atoms with Gasteiger partial charge < -0.3 is 4.90 Å². The van der Waals surface area contributed by atoms with Crippen LogP contribution in [0.15, 0.2) is 59.8 Å². The Morgan fingerprint density at radius 1 is 1.11 bits per heavy atom. The summed E-state index contributed by atoms with van der Waals surface area (Å²) in [7, 11) is 2.03. The average molecular weight is 237 g/mol. The number of allylic oxidation sites excluding steroid dienone is 6. The normalized spacial score (nSPS) is 25.8. The zero-order valence-corrected chi connectivity index (χ0v) is 10.6. The molecule has 0 saturated heterocycles.